The number of ketones is 2. The number of rotatable bonds is 5. The number of allylic oxidation sites excluding steroid dienone is 1. The maximum Gasteiger partial charge on any atom is 0.337 e. The van der Waals surface area contributed by atoms with Gasteiger partial charge in [-0.1, -0.05) is 30.1 Å². The Balaban J connectivity index is 1.70. The third kappa shape index (κ3) is 3.50. The van der Waals surface area contributed by atoms with Crippen LogP contribution < -0.4 is 19.5 Å². The molecule has 4 rings (SSSR count). The van der Waals surface area contributed by atoms with E-state index >= 15 is 0 Å². The van der Waals surface area contributed by atoms with E-state index in [0.29, 0.717) is 11.4 Å². The lowest BCUT2D eigenvalue weighted by Crippen LogP contribution is -2.55. The van der Waals surface area contributed by atoms with E-state index in [2.05, 4.69) is 5.32 Å². The summed E-state index contributed by atoms with van der Waals surface area (Å²) in [5.41, 5.74) is -0.829. The number of methoxy groups -OCH3 is 2. The molecule has 1 aliphatic carbocycles. The van der Waals surface area contributed by atoms with E-state index < -0.39 is 29.1 Å². The number of nitrogens with one attached hydrogen (secondary N) is 1. The van der Waals surface area contributed by atoms with Crippen LogP contribution in [0.1, 0.15) is 34.1 Å². The molecular formula is C23H19Cl2NO7. The summed E-state index contributed by atoms with van der Waals surface area (Å²) in [5.74, 6) is -2.34. The molecule has 8 nitrogen and oxygen atoms in total. The molecule has 1 aliphatic heterocycles. The molecule has 0 saturated carbocycles. The molecule has 33 heavy (non-hydrogen) atoms. The van der Waals surface area contributed by atoms with Gasteiger partial charge in [-0.05, 0) is 24.6 Å². The normalized spacial score (nSPS) is 21.4. The third-order valence-corrected chi connectivity index (χ3v) is 6.50. The van der Waals surface area contributed by atoms with Gasteiger partial charge in [-0.2, -0.15) is 0 Å². The number of benzene rings is 2. The van der Waals surface area contributed by atoms with Gasteiger partial charge >= 0.3 is 5.97 Å². The molecule has 2 atom stereocenters. The Morgan fingerprint density at radius 1 is 1.18 bits per heavy atom. The maximum absolute atomic E-state index is 13.5. The topological polar surface area (TPSA) is 111 Å². The van der Waals surface area contributed by atoms with Crippen molar-refractivity contribution in [1.29, 1.82) is 0 Å². The second-order valence-electron chi connectivity index (χ2n) is 7.73. The van der Waals surface area contributed by atoms with Crippen molar-refractivity contribution in [2.75, 3.05) is 19.5 Å². The standard InChI is InChI=1S/C23H19Cl2NO7/c1-10-6-12(26-11-4-5-14(24)13(7-11)22(29)30)8-17(27)23(10)21(28)18-15(31-2)9-16(32-3)19(25)20(18)33-23/h4-5,7-10,26H,6H2,1-3H3,(H,29,30). The van der Waals surface area contributed by atoms with E-state index in [-0.39, 0.29) is 44.8 Å². The minimum absolute atomic E-state index is 0.0478. The van der Waals surface area contributed by atoms with Crippen LogP contribution >= 0.6 is 23.2 Å². The summed E-state index contributed by atoms with van der Waals surface area (Å²) in [4.78, 5) is 38.1. The summed E-state index contributed by atoms with van der Waals surface area (Å²) in [7, 11) is 2.81. The zero-order valence-corrected chi connectivity index (χ0v) is 19.3. The zero-order chi connectivity index (χ0) is 24.1. The monoisotopic (exact) mass is 491 g/mol. The number of ether oxygens (including phenoxy) is 3. The van der Waals surface area contributed by atoms with Crippen LogP contribution in [-0.4, -0.2) is 42.5 Å². The molecule has 2 N–H and O–H groups in total. The Labute approximate surface area is 199 Å². The van der Waals surface area contributed by atoms with Crippen molar-refractivity contribution in [1.82, 2.24) is 0 Å². The van der Waals surface area contributed by atoms with Crippen molar-refractivity contribution in [2.24, 2.45) is 5.92 Å². The number of carboxylic acid groups (broad SMARTS) is 1. The molecule has 0 amide bonds. The molecule has 2 unspecified atom stereocenters. The van der Waals surface area contributed by atoms with Gasteiger partial charge < -0.3 is 24.6 Å². The number of anilines is 1. The maximum atomic E-state index is 13.5. The van der Waals surface area contributed by atoms with Crippen molar-refractivity contribution in [3.05, 3.63) is 57.2 Å². The summed E-state index contributed by atoms with van der Waals surface area (Å²) in [5, 5.41) is 12.5. The van der Waals surface area contributed by atoms with E-state index in [1.807, 2.05) is 0 Å². The summed E-state index contributed by atoms with van der Waals surface area (Å²) in [6.07, 6.45) is 1.56. The SMILES string of the molecule is COc1cc(OC)c2c(c1Cl)OC1(C(=O)C=C(Nc3ccc(Cl)c(C(=O)O)c3)CC1C)C2=O. The van der Waals surface area contributed by atoms with E-state index in [4.69, 9.17) is 37.4 Å². The molecule has 172 valence electrons. The van der Waals surface area contributed by atoms with Crippen LogP contribution in [-0.2, 0) is 4.79 Å². The fourth-order valence-corrected chi connectivity index (χ4v) is 4.63. The van der Waals surface area contributed by atoms with Crippen LogP contribution in [0.15, 0.2) is 36.0 Å². The molecule has 0 fully saturated rings. The summed E-state index contributed by atoms with van der Waals surface area (Å²) < 4.78 is 16.6. The highest BCUT2D eigenvalue weighted by molar-refractivity contribution is 6.36. The summed E-state index contributed by atoms with van der Waals surface area (Å²) >= 11 is 12.3. The van der Waals surface area contributed by atoms with Crippen LogP contribution in [0.25, 0.3) is 0 Å². The Kier molecular flexibility index (Phi) is 5.76. The van der Waals surface area contributed by atoms with Crippen molar-refractivity contribution >= 4 is 46.4 Å². The van der Waals surface area contributed by atoms with E-state index in [1.165, 1.54) is 38.5 Å². The van der Waals surface area contributed by atoms with E-state index in [0.717, 1.165) is 0 Å². The molecule has 0 radical (unpaired) electrons. The van der Waals surface area contributed by atoms with Crippen LogP contribution in [0.4, 0.5) is 5.69 Å². The van der Waals surface area contributed by atoms with Gasteiger partial charge in [0.15, 0.2) is 5.75 Å². The number of carbonyl (C=O) groups excluding carboxylic acids is 2. The smallest absolute Gasteiger partial charge is 0.337 e. The number of hydrogen-bond acceptors (Lipinski definition) is 7. The largest absolute Gasteiger partial charge is 0.496 e. The number of Topliss-reactive ketones (excluding diaryl/α,β-unsaturated/α-hetero) is 1. The quantitative estimate of drug-likeness (QED) is 0.582. The molecule has 0 aromatic heterocycles. The van der Waals surface area contributed by atoms with Crippen LogP contribution in [0.5, 0.6) is 17.2 Å². The van der Waals surface area contributed by atoms with Crippen LogP contribution in [0.2, 0.25) is 10.0 Å². The van der Waals surface area contributed by atoms with Gasteiger partial charge in [0.1, 0.15) is 22.1 Å². The first-order valence-electron chi connectivity index (χ1n) is 9.87. The summed E-state index contributed by atoms with van der Waals surface area (Å²) in [6.45, 7) is 1.72. The van der Waals surface area contributed by atoms with Crippen LogP contribution in [0.3, 0.4) is 0 Å². The zero-order valence-electron chi connectivity index (χ0n) is 17.8. The van der Waals surface area contributed by atoms with Gasteiger partial charge in [0.2, 0.25) is 17.2 Å². The molecule has 2 aliphatic rings. The highest BCUT2D eigenvalue weighted by Gasteiger charge is 2.60. The molecule has 1 spiro atoms. The van der Waals surface area contributed by atoms with Crippen molar-refractivity contribution in [2.45, 2.75) is 18.9 Å². The van der Waals surface area contributed by atoms with Gasteiger partial charge in [-0.15, -0.1) is 0 Å². The molecule has 10 heteroatoms. The Hall–Kier alpha value is -3.23. The molecular weight excluding hydrogens is 473 g/mol. The lowest BCUT2D eigenvalue weighted by Gasteiger charge is -2.35. The van der Waals surface area contributed by atoms with Gasteiger partial charge in [-0.3, -0.25) is 9.59 Å². The fourth-order valence-electron chi connectivity index (χ4n) is 4.17. The second-order valence-corrected chi connectivity index (χ2v) is 8.51. The number of carboxylic acids is 1. The number of carbonyl (C=O) groups is 3. The minimum Gasteiger partial charge on any atom is -0.496 e. The highest BCUT2D eigenvalue weighted by Crippen LogP contribution is 2.53. The van der Waals surface area contributed by atoms with Crippen LogP contribution in [0, 0.1) is 5.92 Å². The fraction of sp³-hybridized carbons (Fsp3) is 0.261. The Bertz CT molecular complexity index is 1240. The Morgan fingerprint density at radius 3 is 2.48 bits per heavy atom. The predicted molar refractivity (Wildman–Crippen MR) is 121 cm³/mol. The number of aromatic carboxylic acids is 1. The van der Waals surface area contributed by atoms with Crippen molar-refractivity contribution in [3.63, 3.8) is 0 Å². The first kappa shape index (κ1) is 22.9. The number of hydrogen-bond donors (Lipinski definition) is 2. The first-order valence-corrected chi connectivity index (χ1v) is 10.6. The lowest BCUT2D eigenvalue weighted by molar-refractivity contribution is -0.129. The first-order chi connectivity index (χ1) is 15.6. The number of fused-ring (bicyclic) bond motifs is 1. The molecule has 0 bridgehead atoms. The van der Waals surface area contributed by atoms with Crippen molar-refractivity contribution < 1.29 is 33.7 Å². The lowest BCUT2D eigenvalue weighted by atomic mass is 9.74. The number of halogens is 2. The van der Waals surface area contributed by atoms with E-state index in [1.54, 1.807) is 13.0 Å². The van der Waals surface area contributed by atoms with Gasteiger partial charge in [0, 0.05) is 29.4 Å². The third-order valence-electron chi connectivity index (χ3n) is 5.81. The average molecular weight is 492 g/mol. The minimum atomic E-state index is -1.79. The Morgan fingerprint density at radius 2 is 1.88 bits per heavy atom. The second kappa shape index (κ2) is 8.28. The van der Waals surface area contributed by atoms with Gasteiger partial charge in [0.25, 0.3) is 0 Å². The molecule has 2 aromatic rings. The van der Waals surface area contributed by atoms with Crippen molar-refractivity contribution in [3.8, 4) is 17.2 Å². The summed E-state index contributed by atoms with van der Waals surface area (Å²) in [6, 6.07) is 5.89. The van der Waals surface area contributed by atoms with E-state index in [9.17, 15) is 19.5 Å². The predicted octanol–water partition coefficient (Wildman–Crippen LogP) is 4.63. The average Bonchev–Trinajstić information content (AvgIpc) is 3.09. The molecule has 2 aromatic carbocycles. The van der Waals surface area contributed by atoms with Gasteiger partial charge in [0.05, 0.1) is 24.8 Å². The molecule has 0 saturated heterocycles. The van der Waals surface area contributed by atoms with Gasteiger partial charge in [-0.25, -0.2) is 4.79 Å². The molecule has 1 heterocycles. The highest BCUT2D eigenvalue weighted by atomic mass is 35.5.